The van der Waals surface area contributed by atoms with Crippen LogP contribution in [0.25, 0.3) is 0 Å². The van der Waals surface area contributed by atoms with Crippen molar-refractivity contribution >= 4 is 10.1 Å². The number of aliphatic hydroxyl groups is 1. The van der Waals surface area contributed by atoms with Gasteiger partial charge in [-0.2, -0.15) is 8.42 Å². The normalized spacial score (nSPS) is 22.9. The molecule has 0 fully saturated rings. The molecule has 6 N–H and O–H groups in total. The summed E-state index contributed by atoms with van der Waals surface area (Å²) in [7, 11) is -4.87. The van der Waals surface area contributed by atoms with Gasteiger partial charge in [-0.3, -0.25) is 4.55 Å². The summed E-state index contributed by atoms with van der Waals surface area (Å²) in [6.07, 6.45) is -3.21. The molecule has 1 aliphatic rings. The lowest BCUT2D eigenvalue weighted by Gasteiger charge is -2.35. The second-order valence-corrected chi connectivity index (χ2v) is 7.13. The van der Waals surface area contributed by atoms with E-state index in [0.717, 1.165) is 24.3 Å². The van der Waals surface area contributed by atoms with Crippen LogP contribution in [-0.4, -0.2) is 44.6 Å². The van der Waals surface area contributed by atoms with E-state index < -0.39 is 56.1 Å². The highest BCUT2D eigenvalue weighted by Gasteiger charge is 2.46. The third kappa shape index (κ3) is 2.90. The molecule has 0 saturated heterocycles. The molecule has 1 heterocycles. The van der Waals surface area contributed by atoms with Gasteiger partial charge in [-0.05, 0) is 17.7 Å². The molecule has 0 amide bonds. The van der Waals surface area contributed by atoms with E-state index in [1.165, 1.54) is 6.07 Å². The molecule has 0 radical (unpaired) electrons. The highest BCUT2D eigenvalue weighted by Crippen LogP contribution is 2.50. The van der Waals surface area contributed by atoms with Crippen LogP contribution in [0, 0.1) is 0 Å². The van der Waals surface area contributed by atoms with Gasteiger partial charge in [0, 0.05) is 12.1 Å². The number of hydrogen-bond acceptors (Lipinski definition) is 8. The third-order valence-electron chi connectivity index (χ3n) is 3.91. The van der Waals surface area contributed by atoms with Gasteiger partial charge in [0.2, 0.25) is 0 Å². The number of hydrogen-bond donors (Lipinski definition) is 6. The molecular weight excluding hydrogens is 356 g/mol. The standard InChI is InChI=1S/C15H14O9S/c16-7-4-10(19)12-11(5-7)24-14(13(20)15(12)25(21,22)23)6-1-2-8(17)9(18)3-6/h1-5,13-20H,(H,21,22,23)/t13-,14-,15?/m1/s1. The Hall–Kier alpha value is -2.69. The minimum absolute atomic E-state index is 0.102. The summed E-state index contributed by atoms with van der Waals surface area (Å²) in [5.41, 5.74) is -0.294. The zero-order chi connectivity index (χ0) is 18.5. The molecule has 3 atom stereocenters. The SMILES string of the molecule is O=S(=O)(O)C1c2c(O)cc(O)cc2O[C@H](c2ccc(O)c(O)c2)[C@H]1O. The van der Waals surface area contributed by atoms with Gasteiger partial charge in [0.1, 0.15) is 28.6 Å². The van der Waals surface area contributed by atoms with E-state index in [2.05, 4.69) is 0 Å². The fraction of sp³-hybridized carbons (Fsp3) is 0.200. The van der Waals surface area contributed by atoms with E-state index in [0.29, 0.717) is 0 Å². The fourth-order valence-corrected chi connectivity index (χ4v) is 3.85. The van der Waals surface area contributed by atoms with Crippen LogP contribution in [0.5, 0.6) is 28.7 Å². The second kappa shape index (κ2) is 5.69. The molecule has 3 rings (SSSR count). The molecule has 0 spiro atoms. The summed E-state index contributed by atoms with van der Waals surface area (Å²) in [5, 5.41) is 46.9. The van der Waals surface area contributed by atoms with Crippen LogP contribution in [0.15, 0.2) is 30.3 Å². The molecule has 2 aromatic carbocycles. The molecule has 0 saturated carbocycles. The second-order valence-electron chi connectivity index (χ2n) is 5.59. The van der Waals surface area contributed by atoms with Crippen LogP contribution in [0.4, 0.5) is 0 Å². The summed E-state index contributed by atoms with van der Waals surface area (Å²) in [6.45, 7) is 0. The summed E-state index contributed by atoms with van der Waals surface area (Å²) in [4.78, 5) is 0. The molecule has 1 unspecified atom stereocenters. The van der Waals surface area contributed by atoms with Crippen molar-refractivity contribution in [1.82, 2.24) is 0 Å². The molecule has 0 aromatic heterocycles. The maximum Gasteiger partial charge on any atom is 0.275 e. The maximum atomic E-state index is 11.8. The average Bonchev–Trinajstić information content (AvgIpc) is 2.49. The average molecular weight is 370 g/mol. The maximum absolute atomic E-state index is 11.8. The predicted octanol–water partition coefficient (Wildman–Crippen LogP) is 0.932. The molecule has 0 aliphatic carbocycles. The Morgan fingerprint density at radius 2 is 1.60 bits per heavy atom. The van der Waals surface area contributed by atoms with E-state index in [9.17, 15) is 38.5 Å². The number of fused-ring (bicyclic) bond motifs is 1. The first-order chi connectivity index (χ1) is 11.6. The Balaban J connectivity index is 2.20. The lowest BCUT2D eigenvalue weighted by molar-refractivity contribution is 0.0140. The first kappa shape index (κ1) is 17.1. The van der Waals surface area contributed by atoms with Crippen LogP contribution >= 0.6 is 0 Å². The first-order valence-corrected chi connectivity index (χ1v) is 8.48. The molecule has 10 heteroatoms. The van der Waals surface area contributed by atoms with Crippen molar-refractivity contribution in [2.75, 3.05) is 0 Å². The minimum atomic E-state index is -4.87. The third-order valence-corrected chi connectivity index (χ3v) is 5.07. The highest BCUT2D eigenvalue weighted by atomic mass is 32.2. The monoisotopic (exact) mass is 370 g/mol. The molecule has 9 nitrogen and oxygen atoms in total. The number of phenols is 4. The smallest absolute Gasteiger partial charge is 0.275 e. The van der Waals surface area contributed by atoms with Gasteiger partial charge in [0.15, 0.2) is 17.6 Å². The quantitative estimate of drug-likeness (QED) is 0.333. The van der Waals surface area contributed by atoms with Crippen LogP contribution < -0.4 is 4.74 Å². The molecule has 25 heavy (non-hydrogen) atoms. The van der Waals surface area contributed by atoms with Crippen molar-refractivity contribution in [2.45, 2.75) is 17.5 Å². The van der Waals surface area contributed by atoms with Crippen LogP contribution in [0.2, 0.25) is 0 Å². The van der Waals surface area contributed by atoms with Crippen molar-refractivity contribution in [3.63, 3.8) is 0 Å². The van der Waals surface area contributed by atoms with Crippen LogP contribution in [-0.2, 0) is 10.1 Å². The highest BCUT2D eigenvalue weighted by molar-refractivity contribution is 7.86. The van der Waals surface area contributed by atoms with Crippen molar-refractivity contribution < 1.29 is 43.2 Å². The summed E-state index contributed by atoms with van der Waals surface area (Å²) < 4.78 is 38.5. The number of aromatic hydroxyl groups is 4. The van der Waals surface area contributed by atoms with E-state index >= 15 is 0 Å². The molecule has 134 valence electrons. The molecule has 0 bridgehead atoms. The van der Waals surface area contributed by atoms with E-state index in [-0.39, 0.29) is 11.3 Å². The zero-order valence-electron chi connectivity index (χ0n) is 12.4. The van der Waals surface area contributed by atoms with E-state index in [4.69, 9.17) is 4.74 Å². The fourth-order valence-electron chi connectivity index (χ4n) is 2.83. The van der Waals surface area contributed by atoms with Gasteiger partial charge >= 0.3 is 0 Å². The van der Waals surface area contributed by atoms with Crippen molar-refractivity contribution in [3.8, 4) is 28.7 Å². The van der Waals surface area contributed by atoms with Gasteiger partial charge in [0.25, 0.3) is 10.1 Å². The Bertz CT molecular complexity index is 938. The largest absolute Gasteiger partial charge is 0.508 e. The predicted molar refractivity (Wildman–Crippen MR) is 83.2 cm³/mol. The van der Waals surface area contributed by atoms with Crippen molar-refractivity contribution in [3.05, 3.63) is 41.5 Å². The zero-order valence-corrected chi connectivity index (χ0v) is 13.3. The van der Waals surface area contributed by atoms with E-state index in [1.54, 1.807) is 0 Å². The molecular formula is C15H14O9S. The minimum Gasteiger partial charge on any atom is -0.508 e. The number of ether oxygens (including phenoxy) is 1. The van der Waals surface area contributed by atoms with Gasteiger partial charge in [-0.15, -0.1) is 0 Å². The number of phenolic OH excluding ortho intramolecular Hbond substituents is 4. The lowest BCUT2D eigenvalue weighted by Crippen LogP contribution is -2.38. The van der Waals surface area contributed by atoms with Gasteiger partial charge in [0.05, 0.1) is 5.56 Å². The van der Waals surface area contributed by atoms with Crippen molar-refractivity contribution in [1.29, 1.82) is 0 Å². The van der Waals surface area contributed by atoms with Gasteiger partial charge in [-0.25, -0.2) is 0 Å². The lowest BCUT2D eigenvalue weighted by atomic mass is 9.93. The van der Waals surface area contributed by atoms with Crippen LogP contribution in [0.1, 0.15) is 22.5 Å². The number of aliphatic hydroxyl groups excluding tert-OH is 1. The van der Waals surface area contributed by atoms with Crippen LogP contribution in [0.3, 0.4) is 0 Å². The Kier molecular flexibility index (Phi) is 3.90. The first-order valence-electron chi connectivity index (χ1n) is 6.98. The summed E-state index contributed by atoms with van der Waals surface area (Å²) in [6, 6.07) is 5.31. The Morgan fingerprint density at radius 1 is 0.920 bits per heavy atom. The van der Waals surface area contributed by atoms with Crippen molar-refractivity contribution in [2.24, 2.45) is 0 Å². The van der Waals surface area contributed by atoms with Gasteiger partial charge < -0.3 is 30.3 Å². The Morgan fingerprint density at radius 3 is 2.20 bits per heavy atom. The number of benzene rings is 2. The molecule has 2 aromatic rings. The molecule has 1 aliphatic heterocycles. The van der Waals surface area contributed by atoms with E-state index in [1.807, 2.05) is 0 Å². The number of rotatable bonds is 2. The van der Waals surface area contributed by atoms with Gasteiger partial charge in [-0.1, -0.05) is 6.07 Å². The summed E-state index contributed by atoms with van der Waals surface area (Å²) in [5.74, 6) is -2.32. The topological polar surface area (TPSA) is 165 Å². The Labute approximate surface area is 141 Å². The summed E-state index contributed by atoms with van der Waals surface area (Å²) >= 11 is 0.